The van der Waals surface area contributed by atoms with Crippen LogP contribution in [0.2, 0.25) is 0 Å². The van der Waals surface area contributed by atoms with Crippen LogP contribution in [0.25, 0.3) is 0 Å². The van der Waals surface area contributed by atoms with Gasteiger partial charge in [0.25, 0.3) is 0 Å². The molecule has 0 aliphatic carbocycles. The van der Waals surface area contributed by atoms with Gasteiger partial charge in [-0.25, -0.2) is 0 Å². The molecule has 1 aliphatic heterocycles. The fraction of sp³-hybridized carbons (Fsp3) is 0.632. The number of nitrogens with zero attached hydrogens (tertiary/aromatic N) is 1. The fourth-order valence-corrected chi connectivity index (χ4v) is 2.77. The third-order valence-electron chi connectivity index (χ3n) is 4.46. The zero-order valence-corrected chi connectivity index (χ0v) is 18.0. The molecule has 6 nitrogen and oxygen atoms in total. The van der Waals surface area contributed by atoms with E-state index in [0.29, 0.717) is 19.2 Å². The molecule has 0 unspecified atom stereocenters. The molecule has 2 rings (SSSR count). The highest BCUT2D eigenvalue weighted by Crippen LogP contribution is 2.15. The standard InChI is InChI=1S/C19H31N3O3.2ClH/c1-19(2,20)18(23)21-14-15-5-4-6-17(13-15)25-12-9-22(3)16-7-10-24-11-8-16;;/h4-6,13,16H,7-12,14,20H2,1-3H3,(H,21,23);2*1H. The van der Waals surface area contributed by atoms with Crippen molar-refractivity contribution < 1.29 is 14.3 Å². The van der Waals surface area contributed by atoms with E-state index in [1.807, 2.05) is 24.3 Å². The van der Waals surface area contributed by atoms with Gasteiger partial charge in [-0.3, -0.25) is 9.69 Å². The molecule has 0 aromatic heterocycles. The monoisotopic (exact) mass is 421 g/mol. The van der Waals surface area contributed by atoms with Crippen molar-refractivity contribution in [2.75, 3.05) is 33.4 Å². The van der Waals surface area contributed by atoms with Gasteiger partial charge in [0, 0.05) is 32.3 Å². The lowest BCUT2D eigenvalue weighted by atomic mass is 10.1. The van der Waals surface area contributed by atoms with Crippen LogP contribution in [0, 0.1) is 0 Å². The molecule has 0 radical (unpaired) electrons. The van der Waals surface area contributed by atoms with Crippen LogP contribution in [0.1, 0.15) is 32.3 Å². The second-order valence-corrected chi connectivity index (χ2v) is 7.22. The van der Waals surface area contributed by atoms with Crippen molar-refractivity contribution in [3.63, 3.8) is 0 Å². The maximum Gasteiger partial charge on any atom is 0.239 e. The first-order valence-corrected chi connectivity index (χ1v) is 8.93. The number of rotatable bonds is 8. The SMILES string of the molecule is CN(CCOc1cccc(CNC(=O)C(C)(C)N)c1)C1CCOCC1.Cl.Cl. The Morgan fingerprint density at radius 1 is 1.33 bits per heavy atom. The van der Waals surface area contributed by atoms with E-state index in [4.69, 9.17) is 15.2 Å². The van der Waals surface area contributed by atoms with Crippen LogP contribution in [-0.2, 0) is 16.1 Å². The fourth-order valence-electron chi connectivity index (χ4n) is 2.77. The number of hydrogen-bond donors (Lipinski definition) is 2. The molecule has 27 heavy (non-hydrogen) atoms. The number of nitrogens with one attached hydrogen (secondary N) is 1. The van der Waals surface area contributed by atoms with E-state index >= 15 is 0 Å². The van der Waals surface area contributed by atoms with Crippen molar-refractivity contribution in [3.8, 4) is 5.75 Å². The molecule has 1 heterocycles. The predicted octanol–water partition coefficient (Wildman–Crippen LogP) is 2.37. The van der Waals surface area contributed by atoms with Gasteiger partial charge in [-0.1, -0.05) is 12.1 Å². The number of nitrogens with two attached hydrogens (primary N) is 1. The zero-order valence-electron chi connectivity index (χ0n) is 16.4. The lowest BCUT2D eigenvalue weighted by molar-refractivity contribution is -0.125. The Hall–Kier alpha value is -1.05. The number of halogens is 2. The Bertz CT molecular complexity index is 561. The molecule has 0 saturated carbocycles. The third-order valence-corrected chi connectivity index (χ3v) is 4.46. The van der Waals surface area contributed by atoms with Crippen LogP contribution in [-0.4, -0.2) is 55.8 Å². The largest absolute Gasteiger partial charge is 0.492 e. The van der Waals surface area contributed by atoms with Crippen molar-refractivity contribution in [1.29, 1.82) is 0 Å². The highest BCUT2D eigenvalue weighted by molar-refractivity contribution is 5.85. The Balaban J connectivity index is 0.00000338. The van der Waals surface area contributed by atoms with E-state index in [0.717, 1.165) is 43.9 Å². The number of hydrogen-bond acceptors (Lipinski definition) is 5. The Morgan fingerprint density at radius 3 is 2.63 bits per heavy atom. The second kappa shape index (κ2) is 12.4. The molecule has 1 amide bonds. The summed E-state index contributed by atoms with van der Waals surface area (Å²) in [6, 6.07) is 8.38. The Labute approximate surface area is 175 Å². The van der Waals surface area contributed by atoms with Crippen molar-refractivity contribution in [3.05, 3.63) is 29.8 Å². The molecule has 0 atom stereocenters. The molecule has 0 bridgehead atoms. The van der Waals surface area contributed by atoms with Gasteiger partial charge < -0.3 is 20.5 Å². The van der Waals surface area contributed by atoms with Gasteiger partial charge in [0.2, 0.25) is 5.91 Å². The van der Waals surface area contributed by atoms with Crippen LogP contribution in [0.15, 0.2) is 24.3 Å². The van der Waals surface area contributed by atoms with E-state index in [1.54, 1.807) is 13.8 Å². The minimum absolute atomic E-state index is 0. The van der Waals surface area contributed by atoms with Crippen molar-refractivity contribution in [2.24, 2.45) is 5.73 Å². The molecule has 1 aliphatic rings. The highest BCUT2D eigenvalue weighted by Gasteiger charge is 2.21. The Morgan fingerprint density at radius 2 is 2.00 bits per heavy atom. The first kappa shape index (κ1) is 26.0. The normalized spacial score (nSPS) is 14.9. The summed E-state index contributed by atoms with van der Waals surface area (Å²) in [5.41, 5.74) is 5.90. The average Bonchev–Trinajstić information content (AvgIpc) is 2.60. The molecule has 156 valence electrons. The van der Waals surface area contributed by atoms with Gasteiger partial charge in [0.05, 0.1) is 5.54 Å². The number of likely N-dealkylation sites (N-methyl/N-ethyl adjacent to an activating group) is 1. The van der Waals surface area contributed by atoms with Crippen molar-refractivity contribution in [1.82, 2.24) is 10.2 Å². The molecule has 1 aromatic rings. The lowest BCUT2D eigenvalue weighted by Crippen LogP contribution is -2.48. The second-order valence-electron chi connectivity index (χ2n) is 7.22. The molecular weight excluding hydrogens is 389 g/mol. The maximum absolute atomic E-state index is 11.8. The minimum Gasteiger partial charge on any atom is -0.492 e. The van der Waals surface area contributed by atoms with Crippen LogP contribution in [0.3, 0.4) is 0 Å². The molecule has 0 spiro atoms. The molecule has 1 saturated heterocycles. The minimum atomic E-state index is -0.872. The smallest absolute Gasteiger partial charge is 0.239 e. The maximum atomic E-state index is 11.8. The first-order valence-electron chi connectivity index (χ1n) is 8.93. The number of carbonyl (C=O) groups excluding carboxylic acids is 1. The van der Waals surface area contributed by atoms with Gasteiger partial charge in [-0.15, -0.1) is 24.8 Å². The molecule has 3 N–H and O–H groups in total. The van der Waals surface area contributed by atoms with E-state index in [2.05, 4.69) is 17.3 Å². The number of benzene rings is 1. The van der Waals surface area contributed by atoms with E-state index in [9.17, 15) is 4.79 Å². The third kappa shape index (κ3) is 9.12. The summed E-state index contributed by atoms with van der Waals surface area (Å²) in [6.07, 6.45) is 2.17. The lowest BCUT2D eigenvalue weighted by Gasteiger charge is -2.31. The van der Waals surface area contributed by atoms with Gasteiger partial charge in [0.1, 0.15) is 12.4 Å². The quantitative estimate of drug-likeness (QED) is 0.673. The van der Waals surface area contributed by atoms with Gasteiger partial charge in [-0.2, -0.15) is 0 Å². The first-order chi connectivity index (χ1) is 11.9. The van der Waals surface area contributed by atoms with Gasteiger partial charge in [0.15, 0.2) is 0 Å². The molecular formula is C19H33Cl2N3O3. The van der Waals surface area contributed by atoms with Crippen LogP contribution >= 0.6 is 24.8 Å². The zero-order chi connectivity index (χ0) is 18.3. The topological polar surface area (TPSA) is 76.8 Å². The van der Waals surface area contributed by atoms with E-state index in [1.165, 1.54) is 0 Å². The van der Waals surface area contributed by atoms with E-state index < -0.39 is 5.54 Å². The summed E-state index contributed by atoms with van der Waals surface area (Å²) in [5, 5.41) is 2.84. The van der Waals surface area contributed by atoms with Gasteiger partial charge >= 0.3 is 0 Å². The Kier molecular flexibility index (Phi) is 11.9. The summed E-state index contributed by atoms with van der Waals surface area (Å²) < 4.78 is 11.3. The van der Waals surface area contributed by atoms with E-state index in [-0.39, 0.29) is 30.7 Å². The van der Waals surface area contributed by atoms with Crippen LogP contribution in [0.5, 0.6) is 5.75 Å². The van der Waals surface area contributed by atoms with Crippen molar-refractivity contribution >= 4 is 30.7 Å². The highest BCUT2D eigenvalue weighted by atomic mass is 35.5. The number of ether oxygens (including phenoxy) is 2. The number of carbonyl (C=O) groups is 1. The molecule has 1 fully saturated rings. The summed E-state index contributed by atoms with van der Waals surface area (Å²) >= 11 is 0. The number of amides is 1. The summed E-state index contributed by atoms with van der Waals surface area (Å²) in [4.78, 5) is 14.2. The van der Waals surface area contributed by atoms with Crippen LogP contribution in [0.4, 0.5) is 0 Å². The summed E-state index contributed by atoms with van der Waals surface area (Å²) in [6.45, 7) is 7.05. The summed E-state index contributed by atoms with van der Waals surface area (Å²) in [7, 11) is 2.14. The van der Waals surface area contributed by atoms with Crippen LogP contribution < -0.4 is 15.8 Å². The van der Waals surface area contributed by atoms with Gasteiger partial charge in [-0.05, 0) is 51.4 Å². The predicted molar refractivity (Wildman–Crippen MR) is 113 cm³/mol. The molecule has 1 aromatic carbocycles. The summed E-state index contributed by atoms with van der Waals surface area (Å²) in [5.74, 6) is 0.649. The van der Waals surface area contributed by atoms with Crippen molar-refractivity contribution in [2.45, 2.75) is 44.8 Å². The molecule has 8 heteroatoms. The average molecular weight is 422 g/mol.